The maximum atomic E-state index is 12.3. The summed E-state index contributed by atoms with van der Waals surface area (Å²) in [6.45, 7) is 3.13. The second kappa shape index (κ2) is 5.82. The largest absolute Gasteiger partial charge is 0.337 e. The fraction of sp³-hybridized carbons (Fsp3) is 0.429. The van der Waals surface area contributed by atoms with Crippen LogP contribution in [-0.2, 0) is 4.79 Å². The van der Waals surface area contributed by atoms with Gasteiger partial charge in [0.2, 0.25) is 0 Å². The number of hydrogen-bond acceptors (Lipinski definition) is 2. The molecule has 2 rings (SSSR count). The first-order chi connectivity index (χ1) is 8.61. The molecule has 0 saturated carbocycles. The van der Waals surface area contributed by atoms with Crippen LogP contribution >= 0.6 is 22.6 Å². The molecule has 1 fully saturated rings. The maximum Gasteiger partial charge on any atom is 0.253 e. The van der Waals surface area contributed by atoms with Crippen molar-refractivity contribution in [2.75, 3.05) is 13.1 Å². The standard InChI is InChI=1S/C14H16INO2/c1-2-10-9-16(7-6-13(10)17)14(18)11-4-3-5-12(15)8-11/h3-5,8,10H,2,6-7,9H2,1H3. The molecule has 0 radical (unpaired) electrons. The van der Waals surface area contributed by atoms with E-state index in [1.807, 2.05) is 31.2 Å². The molecule has 96 valence electrons. The van der Waals surface area contributed by atoms with Crippen molar-refractivity contribution in [1.82, 2.24) is 4.90 Å². The van der Waals surface area contributed by atoms with Gasteiger partial charge in [-0.25, -0.2) is 0 Å². The average molecular weight is 357 g/mol. The number of carbonyl (C=O) groups is 2. The Kier molecular flexibility index (Phi) is 4.37. The second-order valence-corrected chi connectivity index (χ2v) is 5.83. The van der Waals surface area contributed by atoms with Crippen molar-refractivity contribution in [3.8, 4) is 0 Å². The summed E-state index contributed by atoms with van der Waals surface area (Å²) in [5.41, 5.74) is 0.714. The highest BCUT2D eigenvalue weighted by molar-refractivity contribution is 14.1. The molecule has 4 heteroatoms. The average Bonchev–Trinajstić information content (AvgIpc) is 2.38. The molecule has 0 N–H and O–H groups in total. The lowest BCUT2D eigenvalue weighted by Gasteiger charge is -2.31. The van der Waals surface area contributed by atoms with Gasteiger partial charge >= 0.3 is 0 Å². The Bertz CT molecular complexity index is 473. The van der Waals surface area contributed by atoms with Gasteiger partial charge in [-0.1, -0.05) is 13.0 Å². The molecule has 1 saturated heterocycles. The summed E-state index contributed by atoms with van der Waals surface area (Å²) in [7, 11) is 0. The van der Waals surface area contributed by atoms with Gasteiger partial charge in [0, 0.05) is 34.6 Å². The van der Waals surface area contributed by atoms with Crippen molar-refractivity contribution in [3.63, 3.8) is 0 Å². The number of ketones is 1. The lowest BCUT2D eigenvalue weighted by atomic mass is 9.93. The molecule has 1 aromatic rings. The summed E-state index contributed by atoms with van der Waals surface area (Å²) in [4.78, 5) is 25.8. The Hall–Kier alpha value is -0.910. The first-order valence-electron chi connectivity index (χ1n) is 6.19. The van der Waals surface area contributed by atoms with Gasteiger partial charge in [0.25, 0.3) is 5.91 Å². The van der Waals surface area contributed by atoms with Crippen LogP contribution in [0.4, 0.5) is 0 Å². The number of rotatable bonds is 2. The molecule has 1 aliphatic rings. The Labute approximate surface area is 121 Å². The van der Waals surface area contributed by atoms with Gasteiger partial charge in [-0.2, -0.15) is 0 Å². The van der Waals surface area contributed by atoms with Crippen molar-refractivity contribution >= 4 is 34.3 Å². The molecule has 1 aliphatic heterocycles. The zero-order chi connectivity index (χ0) is 13.1. The number of piperidine rings is 1. The molecule has 0 bridgehead atoms. The molecule has 0 spiro atoms. The number of benzene rings is 1. The van der Waals surface area contributed by atoms with E-state index in [-0.39, 0.29) is 11.8 Å². The second-order valence-electron chi connectivity index (χ2n) is 4.58. The number of carbonyl (C=O) groups excluding carboxylic acids is 2. The Morgan fingerprint density at radius 3 is 2.94 bits per heavy atom. The molecule has 1 unspecified atom stereocenters. The van der Waals surface area contributed by atoms with Gasteiger partial charge in [0.05, 0.1) is 0 Å². The predicted octanol–water partition coefficient (Wildman–Crippen LogP) is 2.73. The third-order valence-corrected chi connectivity index (χ3v) is 4.05. The van der Waals surface area contributed by atoms with Gasteiger partial charge in [0.1, 0.15) is 5.78 Å². The lowest BCUT2D eigenvalue weighted by Crippen LogP contribution is -2.43. The van der Waals surface area contributed by atoms with E-state index in [1.54, 1.807) is 4.90 Å². The van der Waals surface area contributed by atoms with Crippen molar-refractivity contribution in [2.45, 2.75) is 19.8 Å². The number of hydrogen-bond donors (Lipinski definition) is 0. The highest BCUT2D eigenvalue weighted by Gasteiger charge is 2.28. The summed E-state index contributed by atoms with van der Waals surface area (Å²) in [5.74, 6) is 0.356. The van der Waals surface area contributed by atoms with E-state index in [4.69, 9.17) is 0 Å². The monoisotopic (exact) mass is 357 g/mol. The molecular formula is C14H16INO2. The Morgan fingerprint density at radius 1 is 1.50 bits per heavy atom. The van der Waals surface area contributed by atoms with E-state index in [0.29, 0.717) is 30.9 Å². The number of halogens is 1. The van der Waals surface area contributed by atoms with Crippen molar-refractivity contribution in [2.24, 2.45) is 5.92 Å². The van der Waals surface area contributed by atoms with Crippen LogP contribution in [0.15, 0.2) is 24.3 Å². The minimum absolute atomic E-state index is 0.0190. The third-order valence-electron chi connectivity index (χ3n) is 3.38. The van der Waals surface area contributed by atoms with Crippen LogP contribution < -0.4 is 0 Å². The van der Waals surface area contributed by atoms with E-state index in [2.05, 4.69) is 22.6 Å². The van der Waals surface area contributed by atoms with Crippen molar-refractivity contribution in [1.29, 1.82) is 0 Å². The summed E-state index contributed by atoms with van der Waals surface area (Å²) in [6, 6.07) is 7.58. The third kappa shape index (κ3) is 2.91. The van der Waals surface area contributed by atoms with Crippen LogP contribution in [0, 0.1) is 9.49 Å². The molecule has 1 aromatic carbocycles. The van der Waals surface area contributed by atoms with Crippen molar-refractivity contribution in [3.05, 3.63) is 33.4 Å². The van der Waals surface area contributed by atoms with E-state index in [0.717, 1.165) is 9.99 Å². The lowest BCUT2D eigenvalue weighted by molar-refractivity contribution is -0.125. The first kappa shape index (κ1) is 13.5. The normalized spacial score (nSPS) is 20.0. The topological polar surface area (TPSA) is 37.4 Å². The minimum Gasteiger partial charge on any atom is -0.337 e. The molecular weight excluding hydrogens is 341 g/mol. The number of likely N-dealkylation sites (tertiary alicyclic amines) is 1. The molecule has 0 aromatic heterocycles. The zero-order valence-corrected chi connectivity index (χ0v) is 12.5. The first-order valence-corrected chi connectivity index (χ1v) is 7.27. The smallest absolute Gasteiger partial charge is 0.253 e. The number of nitrogens with zero attached hydrogens (tertiary/aromatic N) is 1. The minimum atomic E-state index is 0.0190. The highest BCUT2D eigenvalue weighted by atomic mass is 127. The van der Waals surface area contributed by atoms with Gasteiger partial charge in [0.15, 0.2) is 0 Å². The SMILES string of the molecule is CCC1CN(C(=O)c2cccc(I)c2)CCC1=O. The zero-order valence-electron chi connectivity index (χ0n) is 10.4. The molecule has 1 atom stereocenters. The summed E-state index contributed by atoms with van der Waals surface area (Å²) < 4.78 is 1.05. The van der Waals surface area contributed by atoms with Gasteiger partial charge in [-0.15, -0.1) is 0 Å². The van der Waals surface area contributed by atoms with Crippen LogP contribution in [0.2, 0.25) is 0 Å². The number of amides is 1. The van der Waals surface area contributed by atoms with E-state index < -0.39 is 0 Å². The molecule has 0 aliphatic carbocycles. The quantitative estimate of drug-likeness (QED) is 0.764. The van der Waals surface area contributed by atoms with Crippen LogP contribution in [0.25, 0.3) is 0 Å². The van der Waals surface area contributed by atoms with E-state index in [9.17, 15) is 9.59 Å². The Morgan fingerprint density at radius 2 is 2.28 bits per heavy atom. The molecule has 1 heterocycles. The van der Waals surface area contributed by atoms with Crippen LogP contribution in [0.5, 0.6) is 0 Å². The predicted molar refractivity (Wildman–Crippen MR) is 78.5 cm³/mol. The Balaban J connectivity index is 2.12. The fourth-order valence-electron chi connectivity index (χ4n) is 2.25. The molecule has 3 nitrogen and oxygen atoms in total. The summed E-state index contributed by atoms with van der Waals surface area (Å²) >= 11 is 2.20. The van der Waals surface area contributed by atoms with Crippen LogP contribution in [0.1, 0.15) is 30.1 Å². The van der Waals surface area contributed by atoms with Gasteiger partial charge in [-0.3, -0.25) is 9.59 Å². The van der Waals surface area contributed by atoms with E-state index >= 15 is 0 Å². The van der Waals surface area contributed by atoms with Crippen molar-refractivity contribution < 1.29 is 9.59 Å². The van der Waals surface area contributed by atoms with Crippen LogP contribution in [-0.4, -0.2) is 29.7 Å². The fourth-order valence-corrected chi connectivity index (χ4v) is 2.80. The maximum absolute atomic E-state index is 12.3. The van der Waals surface area contributed by atoms with Gasteiger partial charge < -0.3 is 4.90 Å². The van der Waals surface area contributed by atoms with E-state index in [1.165, 1.54) is 0 Å². The summed E-state index contributed by atoms with van der Waals surface area (Å²) in [5, 5.41) is 0. The molecule has 1 amide bonds. The van der Waals surface area contributed by atoms with Crippen LogP contribution in [0.3, 0.4) is 0 Å². The number of Topliss-reactive ketones (excluding diaryl/α,β-unsaturated/α-hetero) is 1. The molecule has 18 heavy (non-hydrogen) atoms. The van der Waals surface area contributed by atoms with Gasteiger partial charge in [-0.05, 0) is 47.2 Å². The summed E-state index contributed by atoms with van der Waals surface area (Å²) in [6.07, 6.45) is 1.31. The highest BCUT2D eigenvalue weighted by Crippen LogP contribution is 2.19.